The number of thiol groups is 1. The summed E-state index contributed by atoms with van der Waals surface area (Å²) in [6.07, 6.45) is 0. The molecule has 20 heavy (non-hydrogen) atoms. The molecule has 114 valence electrons. The van der Waals surface area contributed by atoms with E-state index in [9.17, 15) is 0 Å². The lowest BCUT2D eigenvalue weighted by Crippen LogP contribution is -2.24. The number of hydrogen-bond donors (Lipinski definition) is 1. The van der Waals surface area contributed by atoms with Crippen LogP contribution in [-0.2, 0) is 10.8 Å². The average Bonchev–Trinajstić information content (AvgIpc) is 2.18. The van der Waals surface area contributed by atoms with E-state index in [1.165, 1.54) is 33.4 Å². The zero-order valence-electron chi connectivity index (χ0n) is 15.0. The monoisotopic (exact) mass is 292 g/mol. The van der Waals surface area contributed by atoms with Crippen LogP contribution < -0.4 is 0 Å². The normalized spacial score (nSPS) is 14.6. The summed E-state index contributed by atoms with van der Waals surface area (Å²) in [5, 5.41) is 0.268. The molecule has 1 aromatic carbocycles. The van der Waals surface area contributed by atoms with Gasteiger partial charge in [0.1, 0.15) is 0 Å². The predicted molar refractivity (Wildman–Crippen MR) is 95.5 cm³/mol. The molecular weight excluding hydrogens is 260 g/mol. The molecule has 0 bridgehead atoms. The van der Waals surface area contributed by atoms with Crippen LogP contribution in [0.3, 0.4) is 0 Å². The van der Waals surface area contributed by atoms with Crippen LogP contribution in [0.25, 0.3) is 0 Å². The molecule has 1 rings (SSSR count). The lowest BCUT2D eigenvalue weighted by atomic mass is 9.71. The summed E-state index contributed by atoms with van der Waals surface area (Å²) in [6, 6.07) is 0. The summed E-state index contributed by atoms with van der Waals surface area (Å²) in [4.78, 5) is 0. The first-order valence-corrected chi connectivity index (χ1v) is 8.14. The van der Waals surface area contributed by atoms with Gasteiger partial charge in [-0.1, -0.05) is 41.5 Å². The highest BCUT2D eigenvalue weighted by atomic mass is 32.1. The van der Waals surface area contributed by atoms with E-state index in [0.717, 1.165) is 0 Å². The molecule has 0 radical (unpaired) electrons. The number of hydrogen-bond acceptors (Lipinski definition) is 1. The summed E-state index contributed by atoms with van der Waals surface area (Å²) in [5.41, 5.74) is 9.10. The molecule has 1 atom stereocenters. The van der Waals surface area contributed by atoms with Gasteiger partial charge in [0.2, 0.25) is 0 Å². The van der Waals surface area contributed by atoms with Gasteiger partial charge in [-0.15, -0.1) is 0 Å². The first-order valence-electron chi connectivity index (χ1n) is 7.62. The Labute approximate surface area is 131 Å². The van der Waals surface area contributed by atoms with Crippen molar-refractivity contribution in [3.63, 3.8) is 0 Å². The molecule has 0 saturated heterocycles. The van der Waals surface area contributed by atoms with Crippen molar-refractivity contribution in [2.75, 3.05) is 0 Å². The second-order valence-electron chi connectivity index (χ2n) is 8.21. The van der Waals surface area contributed by atoms with Crippen LogP contribution in [0.4, 0.5) is 0 Å². The van der Waals surface area contributed by atoms with Gasteiger partial charge in [-0.05, 0) is 71.9 Å². The molecular formula is C19H32S. The third-order valence-electron chi connectivity index (χ3n) is 4.28. The molecule has 0 saturated carbocycles. The smallest absolute Gasteiger partial charge is 0.0244 e. The molecule has 0 aliphatic carbocycles. The number of benzene rings is 1. The van der Waals surface area contributed by atoms with Crippen LogP contribution in [0.15, 0.2) is 0 Å². The van der Waals surface area contributed by atoms with Gasteiger partial charge in [-0.2, -0.15) is 12.6 Å². The van der Waals surface area contributed by atoms with Gasteiger partial charge >= 0.3 is 0 Å². The number of rotatable bonds is 1. The van der Waals surface area contributed by atoms with Crippen LogP contribution in [0.5, 0.6) is 0 Å². The molecule has 0 spiro atoms. The Kier molecular flexibility index (Phi) is 4.76. The lowest BCUT2D eigenvalue weighted by molar-refractivity contribution is 0.558. The Morgan fingerprint density at radius 1 is 0.700 bits per heavy atom. The van der Waals surface area contributed by atoms with Crippen molar-refractivity contribution < 1.29 is 0 Å². The lowest BCUT2D eigenvalue weighted by Gasteiger charge is -2.35. The maximum absolute atomic E-state index is 4.78. The quantitative estimate of drug-likeness (QED) is 0.585. The van der Waals surface area contributed by atoms with Gasteiger partial charge in [0.05, 0.1) is 0 Å². The van der Waals surface area contributed by atoms with Gasteiger partial charge in [0.25, 0.3) is 0 Å². The Morgan fingerprint density at radius 3 is 1.35 bits per heavy atom. The minimum atomic E-state index is 0.155. The summed E-state index contributed by atoms with van der Waals surface area (Å²) < 4.78 is 0. The fourth-order valence-electron chi connectivity index (χ4n) is 3.79. The molecule has 0 nitrogen and oxygen atoms in total. The Hall–Kier alpha value is -0.430. The highest BCUT2D eigenvalue weighted by Crippen LogP contribution is 2.43. The molecule has 0 aliphatic rings. The fraction of sp³-hybridized carbons (Fsp3) is 0.684. The first-order chi connectivity index (χ1) is 8.80. The second-order valence-corrected chi connectivity index (χ2v) is 8.99. The molecule has 1 heteroatoms. The minimum absolute atomic E-state index is 0.155. The first kappa shape index (κ1) is 17.6. The zero-order chi connectivity index (χ0) is 16.0. The second kappa shape index (κ2) is 5.40. The van der Waals surface area contributed by atoms with E-state index >= 15 is 0 Å². The van der Waals surface area contributed by atoms with Gasteiger partial charge in [0, 0.05) is 5.25 Å². The van der Waals surface area contributed by atoms with Crippen molar-refractivity contribution in [3.8, 4) is 0 Å². The summed E-state index contributed by atoms with van der Waals surface area (Å²) in [5.74, 6) is 0. The Morgan fingerprint density at radius 2 is 1.05 bits per heavy atom. The van der Waals surface area contributed by atoms with E-state index in [1.807, 2.05) is 0 Å². The van der Waals surface area contributed by atoms with E-state index in [0.29, 0.717) is 0 Å². The topological polar surface area (TPSA) is 0 Å². The van der Waals surface area contributed by atoms with Gasteiger partial charge < -0.3 is 0 Å². The highest BCUT2D eigenvalue weighted by molar-refractivity contribution is 7.80. The minimum Gasteiger partial charge on any atom is -0.171 e. The third kappa shape index (κ3) is 3.08. The molecule has 0 aromatic heterocycles. The molecule has 0 fully saturated rings. The Bertz CT molecular complexity index is 508. The van der Waals surface area contributed by atoms with E-state index in [-0.39, 0.29) is 16.1 Å². The standard InChI is InChI=1S/C19H32S/c1-11-12(2)17(19(8,9)10)15(14(4)20)13(3)16(11)18(5,6)7/h14,20H,1-10H3. The van der Waals surface area contributed by atoms with Crippen LogP contribution in [0, 0.1) is 20.8 Å². The van der Waals surface area contributed by atoms with Gasteiger partial charge in [-0.25, -0.2) is 0 Å². The molecule has 0 amide bonds. The molecule has 1 unspecified atom stereocenters. The third-order valence-corrected chi connectivity index (χ3v) is 4.54. The van der Waals surface area contributed by atoms with Crippen LogP contribution in [0.1, 0.15) is 87.1 Å². The van der Waals surface area contributed by atoms with Crippen molar-refractivity contribution in [3.05, 3.63) is 33.4 Å². The van der Waals surface area contributed by atoms with Gasteiger partial charge in [-0.3, -0.25) is 0 Å². The highest BCUT2D eigenvalue weighted by Gasteiger charge is 2.30. The van der Waals surface area contributed by atoms with Crippen molar-refractivity contribution in [1.82, 2.24) is 0 Å². The van der Waals surface area contributed by atoms with Gasteiger partial charge in [0.15, 0.2) is 0 Å². The maximum atomic E-state index is 4.78. The average molecular weight is 293 g/mol. The van der Waals surface area contributed by atoms with E-state index in [1.54, 1.807) is 0 Å². The van der Waals surface area contributed by atoms with E-state index in [4.69, 9.17) is 12.6 Å². The van der Waals surface area contributed by atoms with Crippen LogP contribution in [-0.4, -0.2) is 0 Å². The summed E-state index contributed by atoms with van der Waals surface area (Å²) in [6.45, 7) is 22.9. The van der Waals surface area contributed by atoms with Crippen molar-refractivity contribution in [1.29, 1.82) is 0 Å². The molecule has 0 N–H and O–H groups in total. The largest absolute Gasteiger partial charge is 0.171 e. The molecule has 1 aromatic rings. The van der Waals surface area contributed by atoms with Crippen LogP contribution >= 0.6 is 12.6 Å². The van der Waals surface area contributed by atoms with Crippen molar-refractivity contribution in [2.45, 2.75) is 85.3 Å². The maximum Gasteiger partial charge on any atom is 0.0244 e. The van der Waals surface area contributed by atoms with Crippen molar-refractivity contribution >= 4 is 12.6 Å². The van der Waals surface area contributed by atoms with Crippen LogP contribution in [0.2, 0.25) is 0 Å². The van der Waals surface area contributed by atoms with E-state index < -0.39 is 0 Å². The zero-order valence-corrected chi connectivity index (χ0v) is 15.9. The summed E-state index contributed by atoms with van der Waals surface area (Å²) >= 11 is 4.78. The Balaban J connectivity index is 3.94. The molecule has 0 aliphatic heterocycles. The summed E-state index contributed by atoms with van der Waals surface area (Å²) in [7, 11) is 0. The molecule has 0 heterocycles. The SMILES string of the molecule is Cc1c(C)c(C(C)(C)C)c(C(C)S)c(C)c1C(C)(C)C. The van der Waals surface area contributed by atoms with Crippen molar-refractivity contribution in [2.24, 2.45) is 0 Å². The van der Waals surface area contributed by atoms with E-state index in [2.05, 4.69) is 69.2 Å². The fourth-order valence-corrected chi connectivity index (χ4v) is 4.12. The predicted octanol–water partition coefficient (Wildman–Crippen LogP) is 6.20.